The zero-order valence-corrected chi connectivity index (χ0v) is 16.9. The molecule has 0 bridgehead atoms. The smallest absolute Gasteiger partial charge is 0.189 e. The summed E-state index contributed by atoms with van der Waals surface area (Å²) >= 11 is 12.7. The molecule has 3 rings (SSSR count). The number of rotatable bonds is 3. The van der Waals surface area contributed by atoms with E-state index >= 15 is 0 Å². The summed E-state index contributed by atoms with van der Waals surface area (Å²) in [5.41, 5.74) is -0.562. The minimum Gasteiger partial charge on any atom is -0.305 e. The van der Waals surface area contributed by atoms with Gasteiger partial charge in [0.1, 0.15) is 5.92 Å². The van der Waals surface area contributed by atoms with Crippen molar-refractivity contribution < 1.29 is 0 Å². The van der Waals surface area contributed by atoms with Crippen molar-refractivity contribution in [3.05, 3.63) is 45.5 Å². The maximum Gasteiger partial charge on any atom is 0.189 e. The van der Waals surface area contributed by atoms with Gasteiger partial charge in [-0.3, -0.25) is 4.90 Å². The lowest BCUT2D eigenvalue weighted by atomic mass is 9.54. The number of hydrogen-bond donors (Lipinski definition) is 1. The number of fused-ring (bicyclic) bond motifs is 1. The van der Waals surface area contributed by atoms with Crippen molar-refractivity contribution >= 4 is 28.9 Å². The third-order valence-electron chi connectivity index (χ3n) is 5.72. The van der Waals surface area contributed by atoms with Crippen LogP contribution in [0.1, 0.15) is 24.8 Å². The fourth-order valence-corrected chi connectivity index (χ4v) is 4.90. The van der Waals surface area contributed by atoms with Crippen LogP contribution in [-0.4, -0.2) is 30.2 Å². The molecule has 3 atom stereocenters. The fraction of sp³-hybridized carbons (Fsp3) is 0.429. The molecule has 7 heteroatoms. The summed E-state index contributed by atoms with van der Waals surface area (Å²) in [6.07, 6.45) is 2.95. The minimum atomic E-state index is -1.77. The van der Waals surface area contributed by atoms with Crippen LogP contribution in [0.5, 0.6) is 0 Å². The topological polar surface area (TPSA) is 98.5 Å². The van der Waals surface area contributed by atoms with E-state index in [9.17, 15) is 15.8 Å². The van der Waals surface area contributed by atoms with Crippen LogP contribution in [0.3, 0.4) is 0 Å². The van der Waals surface area contributed by atoms with Crippen LogP contribution in [-0.2, 0) is 0 Å². The monoisotopic (exact) mass is 411 g/mol. The lowest BCUT2D eigenvalue weighted by Gasteiger charge is -2.48. The second kappa shape index (κ2) is 7.94. The molecule has 0 saturated heterocycles. The van der Waals surface area contributed by atoms with E-state index in [1.807, 2.05) is 6.08 Å². The van der Waals surface area contributed by atoms with Crippen molar-refractivity contribution in [2.75, 3.05) is 19.6 Å². The molecule has 1 aromatic carbocycles. The Morgan fingerprint density at radius 2 is 1.96 bits per heavy atom. The van der Waals surface area contributed by atoms with Gasteiger partial charge in [-0.15, -0.1) is 0 Å². The van der Waals surface area contributed by atoms with Gasteiger partial charge >= 0.3 is 0 Å². The number of nitrogens with zero attached hydrogens (tertiary/aromatic N) is 4. The third-order valence-corrected chi connectivity index (χ3v) is 6.56. The van der Waals surface area contributed by atoms with Crippen LogP contribution in [0.25, 0.3) is 0 Å². The minimum absolute atomic E-state index is 0.174. The number of nitriles is 3. The lowest BCUT2D eigenvalue weighted by molar-refractivity contribution is 0.204. The van der Waals surface area contributed by atoms with Gasteiger partial charge in [0.25, 0.3) is 0 Å². The van der Waals surface area contributed by atoms with Crippen LogP contribution in [0, 0.1) is 56.7 Å². The Hall–Kier alpha value is -2.36. The fourth-order valence-electron chi connectivity index (χ4n) is 4.47. The van der Waals surface area contributed by atoms with Crippen molar-refractivity contribution in [1.82, 2.24) is 4.90 Å². The predicted octanol–water partition coefficient (Wildman–Crippen LogP) is 4.55. The molecule has 142 valence electrons. The van der Waals surface area contributed by atoms with Crippen LogP contribution >= 0.6 is 23.2 Å². The molecule has 1 aliphatic heterocycles. The number of halogens is 2. The van der Waals surface area contributed by atoms with Gasteiger partial charge in [0.15, 0.2) is 5.41 Å². The van der Waals surface area contributed by atoms with Crippen molar-refractivity contribution in [2.45, 2.75) is 19.3 Å². The highest BCUT2D eigenvalue weighted by atomic mass is 35.5. The molecule has 1 saturated carbocycles. The molecule has 0 amide bonds. The summed E-state index contributed by atoms with van der Waals surface area (Å²) in [4.78, 5) is 2.24. The summed E-state index contributed by atoms with van der Waals surface area (Å²) < 4.78 is 0. The van der Waals surface area contributed by atoms with Crippen molar-refractivity contribution in [3.8, 4) is 18.2 Å². The summed E-state index contributed by atoms with van der Waals surface area (Å²) in [6.45, 7) is 4.25. The van der Waals surface area contributed by atoms with E-state index in [0.29, 0.717) is 28.7 Å². The van der Waals surface area contributed by atoms with E-state index in [1.54, 1.807) is 18.2 Å². The molecule has 1 N–H and O–H groups in total. The van der Waals surface area contributed by atoms with E-state index in [1.165, 1.54) is 0 Å². The second-order valence-electron chi connectivity index (χ2n) is 7.20. The van der Waals surface area contributed by atoms with E-state index in [-0.39, 0.29) is 11.6 Å². The van der Waals surface area contributed by atoms with E-state index < -0.39 is 17.3 Å². The van der Waals surface area contributed by atoms with Crippen LogP contribution in [0.15, 0.2) is 29.8 Å². The van der Waals surface area contributed by atoms with Crippen molar-refractivity contribution in [1.29, 1.82) is 21.2 Å². The van der Waals surface area contributed by atoms with Gasteiger partial charge in [-0.1, -0.05) is 48.3 Å². The highest BCUT2D eigenvalue weighted by molar-refractivity contribution is 6.42. The van der Waals surface area contributed by atoms with Crippen molar-refractivity contribution in [3.63, 3.8) is 0 Å². The quantitative estimate of drug-likeness (QED) is 0.737. The molecule has 1 heterocycles. The summed E-state index contributed by atoms with van der Waals surface area (Å²) in [7, 11) is 0. The Morgan fingerprint density at radius 1 is 1.25 bits per heavy atom. The van der Waals surface area contributed by atoms with Gasteiger partial charge in [0.05, 0.1) is 34.0 Å². The molecule has 1 fully saturated rings. The van der Waals surface area contributed by atoms with Crippen LogP contribution in [0.4, 0.5) is 0 Å². The SMILES string of the molecule is CCCN1CC=C2C(C#N)C(=N)C(C#N)(C#N)[C@@H](c3cccc(Cl)c3Cl)[C@@H]2C1. The van der Waals surface area contributed by atoms with E-state index in [2.05, 4.69) is 30.0 Å². The average Bonchev–Trinajstić information content (AvgIpc) is 2.70. The highest BCUT2D eigenvalue weighted by Gasteiger charge is 2.58. The second-order valence-corrected chi connectivity index (χ2v) is 7.98. The zero-order chi connectivity index (χ0) is 20.5. The Bertz CT molecular complexity index is 948. The van der Waals surface area contributed by atoms with Crippen molar-refractivity contribution in [2.24, 2.45) is 17.3 Å². The summed E-state index contributed by atoms with van der Waals surface area (Å²) in [5, 5.41) is 39.1. The standard InChI is InChI=1S/C21H19Cl2N5/c1-2-7-28-8-6-13-15(9-24)20(27)21(11-25,12-26)18(16(13)10-28)14-4-3-5-17(22)19(14)23/h3-6,15-16,18,27H,2,7-8,10H2,1H3/t15?,16-,18+/m1/s1. The van der Waals surface area contributed by atoms with Gasteiger partial charge in [-0.25, -0.2) is 0 Å². The van der Waals surface area contributed by atoms with Gasteiger partial charge in [-0.05, 0) is 30.2 Å². The highest BCUT2D eigenvalue weighted by Crippen LogP contribution is 2.55. The molecule has 0 spiro atoms. The molecule has 1 unspecified atom stereocenters. The summed E-state index contributed by atoms with van der Waals surface area (Å²) in [6, 6.07) is 11.4. The van der Waals surface area contributed by atoms with Gasteiger partial charge < -0.3 is 5.41 Å². The molecular weight excluding hydrogens is 393 g/mol. The first-order valence-corrected chi connectivity index (χ1v) is 9.88. The molecule has 1 aromatic rings. The Labute approximate surface area is 174 Å². The van der Waals surface area contributed by atoms with Gasteiger partial charge in [-0.2, -0.15) is 15.8 Å². The third kappa shape index (κ3) is 2.99. The first-order chi connectivity index (χ1) is 13.4. The first kappa shape index (κ1) is 20.4. The molecule has 0 aromatic heterocycles. The number of benzene rings is 1. The van der Waals surface area contributed by atoms with Crippen LogP contribution < -0.4 is 0 Å². The lowest BCUT2D eigenvalue weighted by Crippen LogP contribution is -2.53. The first-order valence-electron chi connectivity index (χ1n) is 9.12. The van der Waals surface area contributed by atoms with Gasteiger partial charge in [0.2, 0.25) is 0 Å². The molecule has 0 radical (unpaired) electrons. The maximum atomic E-state index is 10.0. The molecule has 28 heavy (non-hydrogen) atoms. The molecular formula is C21H19Cl2N5. The van der Waals surface area contributed by atoms with E-state index in [0.717, 1.165) is 18.5 Å². The molecule has 2 aliphatic rings. The molecule has 1 aliphatic carbocycles. The zero-order valence-electron chi connectivity index (χ0n) is 15.4. The maximum absolute atomic E-state index is 10.0. The number of nitrogens with one attached hydrogen (secondary N) is 1. The van der Waals surface area contributed by atoms with E-state index in [4.69, 9.17) is 28.6 Å². The normalized spacial score (nSPS) is 26.4. The Kier molecular flexibility index (Phi) is 5.78. The average molecular weight is 412 g/mol. The number of hydrogen-bond acceptors (Lipinski definition) is 5. The Balaban J connectivity index is 2.27. The van der Waals surface area contributed by atoms with Crippen LogP contribution in [0.2, 0.25) is 10.0 Å². The summed E-state index contributed by atoms with van der Waals surface area (Å²) in [5.74, 6) is -1.81. The predicted molar refractivity (Wildman–Crippen MR) is 108 cm³/mol. The van der Waals surface area contributed by atoms with Gasteiger partial charge in [0, 0.05) is 24.9 Å². The molecule has 5 nitrogen and oxygen atoms in total. The largest absolute Gasteiger partial charge is 0.305 e. The Morgan fingerprint density at radius 3 is 2.57 bits per heavy atom.